The average Bonchev–Trinajstić information content (AvgIpc) is 3.30. The molecule has 2 N–H and O–H groups in total. The van der Waals surface area contributed by atoms with Crippen molar-refractivity contribution in [2.24, 2.45) is 5.92 Å². The molecule has 0 unspecified atom stereocenters. The first-order valence-corrected chi connectivity index (χ1v) is 11.9. The first kappa shape index (κ1) is 22.1. The van der Waals surface area contributed by atoms with Gasteiger partial charge in [0, 0.05) is 31.9 Å². The van der Waals surface area contributed by atoms with Crippen molar-refractivity contribution in [3.63, 3.8) is 0 Å². The van der Waals surface area contributed by atoms with Crippen LogP contribution < -0.4 is 30.6 Å². The zero-order valence-electron chi connectivity index (χ0n) is 18.6. The number of amides is 2. The third kappa shape index (κ3) is 4.40. The third-order valence-electron chi connectivity index (χ3n) is 5.82. The van der Waals surface area contributed by atoms with E-state index in [0.717, 1.165) is 19.4 Å². The Morgan fingerprint density at radius 1 is 1.24 bits per heavy atom. The first-order valence-electron chi connectivity index (χ1n) is 11.0. The van der Waals surface area contributed by atoms with Gasteiger partial charge in [-0.3, -0.25) is 19.0 Å². The number of thiazole rings is 1. The van der Waals surface area contributed by atoms with Gasteiger partial charge in [-0.2, -0.15) is 4.98 Å². The number of anilines is 2. The molecule has 5 rings (SSSR count). The van der Waals surface area contributed by atoms with Crippen LogP contribution in [0.15, 0.2) is 29.3 Å². The van der Waals surface area contributed by atoms with Crippen LogP contribution >= 0.6 is 11.3 Å². The largest absolute Gasteiger partial charge is 0.486 e. The normalized spacial score (nSPS) is 17.4. The zero-order valence-corrected chi connectivity index (χ0v) is 19.4. The lowest BCUT2D eigenvalue weighted by Crippen LogP contribution is -2.42. The van der Waals surface area contributed by atoms with E-state index in [1.165, 1.54) is 22.2 Å². The highest BCUT2D eigenvalue weighted by atomic mass is 32.1. The summed E-state index contributed by atoms with van der Waals surface area (Å²) in [7, 11) is 1.63. The van der Waals surface area contributed by atoms with E-state index in [0.29, 0.717) is 52.4 Å². The van der Waals surface area contributed by atoms with Crippen molar-refractivity contribution in [3.8, 4) is 11.5 Å². The summed E-state index contributed by atoms with van der Waals surface area (Å²) in [4.78, 5) is 48.5. The number of benzene rings is 1. The molecule has 12 heteroatoms. The van der Waals surface area contributed by atoms with Gasteiger partial charge in [-0.1, -0.05) is 11.3 Å². The molecule has 2 aromatic heterocycles. The summed E-state index contributed by atoms with van der Waals surface area (Å²) in [6.45, 7) is 2.06. The summed E-state index contributed by atoms with van der Waals surface area (Å²) in [5.74, 6) is 0.730. The fourth-order valence-corrected chi connectivity index (χ4v) is 5.13. The van der Waals surface area contributed by atoms with Crippen LogP contribution in [0.3, 0.4) is 0 Å². The highest BCUT2D eigenvalue weighted by molar-refractivity contribution is 7.22. The number of piperidine rings is 1. The second-order valence-corrected chi connectivity index (χ2v) is 9.11. The van der Waals surface area contributed by atoms with Crippen molar-refractivity contribution in [2.75, 3.05) is 43.6 Å². The van der Waals surface area contributed by atoms with E-state index < -0.39 is 0 Å². The summed E-state index contributed by atoms with van der Waals surface area (Å²) < 4.78 is 12.7. The van der Waals surface area contributed by atoms with Crippen LogP contribution in [0.25, 0.3) is 10.3 Å². The van der Waals surface area contributed by atoms with E-state index in [-0.39, 0.29) is 29.8 Å². The number of rotatable bonds is 5. The molecule has 0 radical (unpaired) electrons. The fraction of sp³-hybridized carbons (Fsp3) is 0.409. The van der Waals surface area contributed by atoms with Gasteiger partial charge in [-0.15, -0.1) is 0 Å². The lowest BCUT2D eigenvalue weighted by Gasteiger charge is -2.31. The minimum atomic E-state index is -0.367. The van der Waals surface area contributed by atoms with Gasteiger partial charge in [0.1, 0.15) is 30.8 Å². The molecule has 2 aliphatic rings. The summed E-state index contributed by atoms with van der Waals surface area (Å²) in [5.41, 5.74) is 0.564. The molecule has 11 nitrogen and oxygen atoms in total. The molecule has 0 saturated carbocycles. The van der Waals surface area contributed by atoms with Crippen LogP contribution in [-0.2, 0) is 16.1 Å². The topological polar surface area (TPSA) is 128 Å². The van der Waals surface area contributed by atoms with E-state index in [9.17, 15) is 14.4 Å². The van der Waals surface area contributed by atoms with Crippen LogP contribution in [-0.4, -0.2) is 59.7 Å². The lowest BCUT2D eigenvalue weighted by molar-refractivity contribution is -0.124. The molecule has 2 amide bonds. The standard InChI is InChI=1S/C22H24N6O5S/c1-23-20(30)13-3-2-6-27(10-13)22-26-19-18(34-22)21(31)28(12-24-19)11-17(29)25-14-4-5-15-16(9-14)33-8-7-32-15/h4-5,9,12-13H,2-3,6-8,10-11H2,1H3,(H,23,30)(H,25,29)/t13-/m1/s1. The Morgan fingerprint density at radius 2 is 2.06 bits per heavy atom. The maximum Gasteiger partial charge on any atom is 0.273 e. The fourth-order valence-electron chi connectivity index (χ4n) is 4.13. The van der Waals surface area contributed by atoms with Crippen molar-refractivity contribution in [2.45, 2.75) is 19.4 Å². The summed E-state index contributed by atoms with van der Waals surface area (Å²) in [6.07, 6.45) is 3.03. The van der Waals surface area contributed by atoms with Crippen molar-refractivity contribution in [1.29, 1.82) is 0 Å². The summed E-state index contributed by atoms with van der Waals surface area (Å²) >= 11 is 1.24. The maximum absolute atomic E-state index is 13.0. The van der Waals surface area contributed by atoms with Gasteiger partial charge in [0.2, 0.25) is 11.8 Å². The molecule has 0 spiro atoms. The molecule has 178 valence electrons. The number of nitrogens with one attached hydrogen (secondary N) is 2. The minimum absolute atomic E-state index is 0.00955. The highest BCUT2D eigenvalue weighted by Gasteiger charge is 2.27. The predicted molar refractivity (Wildman–Crippen MR) is 127 cm³/mol. The van der Waals surface area contributed by atoms with Crippen molar-refractivity contribution < 1.29 is 19.1 Å². The van der Waals surface area contributed by atoms with Crippen molar-refractivity contribution in [1.82, 2.24) is 19.9 Å². The summed E-state index contributed by atoms with van der Waals surface area (Å²) in [5, 5.41) is 6.13. The number of carbonyl (C=O) groups is 2. The first-order chi connectivity index (χ1) is 16.5. The van der Waals surface area contributed by atoms with Gasteiger partial charge in [-0.25, -0.2) is 4.98 Å². The van der Waals surface area contributed by atoms with Crippen molar-refractivity contribution >= 4 is 44.3 Å². The average molecular weight is 485 g/mol. The molecule has 4 heterocycles. The van der Waals surface area contributed by atoms with E-state index >= 15 is 0 Å². The number of aromatic nitrogens is 3. The number of carbonyl (C=O) groups excluding carboxylic acids is 2. The second kappa shape index (κ2) is 9.29. The minimum Gasteiger partial charge on any atom is -0.486 e. The van der Waals surface area contributed by atoms with Crippen LogP contribution in [0.4, 0.5) is 10.8 Å². The van der Waals surface area contributed by atoms with Crippen LogP contribution in [0.2, 0.25) is 0 Å². The molecule has 1 atom stereocenters. The Hall–Kier alpha value is -3.67. The van der Waals surface area contributed by atoms with Crippen LogP contribution in [0, 0.1) is 5.92 Å². The Labute approximate surface area is 198 Å². The van der Waals surface area contributed by atoms with Gasteiger partial charge in [0.15, 0.2) is 22.3 Å². The lowest BCUT2D eigenvalue weighted by atomic mass is 9.98. The summed E-state index contributed by atoms with van der Waals surface area (Å²) in [6, 6.07) is 5.14. The molecule has 0 bridgehead atoms. The van der Waals surface area contributed by atoms with Gasteiger partial charge >= 0.3 is 0 Å². The molecular weight excluding hydrogens is 460 g/mol. The Morgan fingerprint density at radius 3 is 2.88 bits per heavy atom. The maximum atomic E-state index is 13.0. The van der Waals surface area contributed by atoms with Crippen LogP contribution in [0.5, 0.6) is 11.5 Å². The van der Waals surface area contributed by atoms with Gasteiger partial charge < -0.3 is 25.0 Å². The van der Waals surface area contributed by atoms with E-state index in [1.54, 1.807) is 25.2 Å². The smallest absolute Gasteiger partial charge is 0.273 e. The Kier molecular flexibility index (Phi) is 6.05. The highest BCUT2D eigenvalue weighted by Crippen LogP contribution is 2.32. The predicted octanol–water partition coefficient (Wildman–Crippen LogP) is 1.23. The molecule has 1 saturated heterocycles. The zero-order chi connectivity index (χ0) is 23.7. The van der Waals surface area contributed by atoms with Gasteiger partial charge in [0.25, 0.3) is 5.56 Å². The monoisotopic (exact) mass is 484 g/mol. The van der Waals surface area contributed by atoms with E-state index in [1.807, 2.05) is 4.90 Å². The van der Waals surface area contributed by atoms with Gasteiger partial charge in [0.05, 0.1) is 5.92 Å². The number of nitrogens with zero attached hydrogens (tertiary/aromatic N) is 4. The molecule has 34 heavy (non-hydrogen) atoms. The molecule has 2 aliphatic heterocycles. The SMILES string of the molecule is CNC(=O)[C@@H]1CCCN(c2nc3ncn(CC(=O)Nc4ccc5c(c4)OCCO5)c(=O)c3s2)C1. The number of hydrogen-bond acceptors (Lipinski definition) is 9. The molecule has 1 fully saturated rings. The molecule has 0 aliphatic carbocycles. The Balaban J connectivity index is 1.31. The molecule has 1 aromatic carbocycles. The van der Waals surface area contributed by atoms with Crippen molar-refractivity contribution in [3.05, 3.63) is 34.9 Å². The van der Waals surface area contributed by atoms with E-state index in [4.69, 9.17) is 9.47 Å². The Bertz CT molecular complexity index is 1300. The van der Waals surface area contributed by atoms with E-state index in [2.05, 4.69) is 20.6 Å². The number of ether oxygens (including phenoxy) is 2. The van der Waals surface area contributed by atoms with Gasteiger partial charge in [-0.05, 0) is 25.0 Å². The molecular formula is C22H24N6O5S. The number of hydrogen-bond donors (Lipinski definition) is 2. The quantitative estimate of drug-likeness (QED) is 0.554. The number of fused-ring (bicyclic) bond motifs is 2. The third-order valence-corrected chi connectivity index (χ3v) is 6.91. The van der Waals surface area contributed by atoms with Crippen LogP contribution in [0.1, 0.15) is 12.8 Å². The molecule has 3 aromatic rings. The second-order valence-electron chi connectivity index (χ2n) is 8.13.